The summed E-state index contributed by atoms with van der Waals surface area (Å²) in [6, 6.07) is 7.93. The molecule has 1 aromatic heterocycles. The summed E-state index contributed by atoms with van der Waals surface area (Å²) in [5.74, 6) is -0.679. The van der Waals surface area contributed by atoms with Crippen LogP contribution >= 0.6 is 27.3 Å². The fraction of sp³-hybridized carbons (Fsp3) is 0.154. The molecule has 1 amide bonds. The minimum Gasteiger partial charge on any atom is -0.481 e. The van der Waals surface area contributed by atoms with Crippen molar-refractivity contribution in [2.75, 3.05) is 6.61 Å². The van der Waals surface area contributed by atoms with Gasteiger partial charge in [-0.3, -0.25) is 4.79 Å². The van der Waals surface area contributed by atoms with E-state index in [0.717, 1.165) is 9.35 Å². The summed E-state index contributed by atoms with van der Waals surface area (Å²) >= 11 is 4.89. The molecule has 0 radical (unpaired) electrons. The minimum atomic E-state index is -0.475. The molecule has 0 aliphatic carbocycles. The van der Waals surface area contributed by atoms with Crippen LogP contribution in [0.15, 0.2) is 40.2 Å². The number of hydrogen-bond donors (Lipinski definition) is 1. The van der Waals surface area contributed by atoms with Crippen molar-refractivity contribution < 1.29 is 13.9 Å². The molecule has 1 aromatic carbocycles. The molecule has 0 unspecified atom stereocenters. The molecule has 0 bridgehead atoms. The highest BCUT2D eigenvalue weighted by molar-refractivity contribution is 9.10. The summed E-state index contributed by atoms with van der Waals surface area (Å²) in [5, 5.41) is 4.65. The molecule has 0 saturated carbocycles. The average molecular weight is 344 g/mol. The van der Waals surface area contributed by atoms with Crippen molar-refractivity contribution >= 4 is 33.2 Å². The predicted octanol–water partition coefficient (Wildman–Crippen LogP) is 3.34. The predicted molar refractivity (Wildman–Crippen MR) is 75.8 cm³/mol. The zero-order valence-corrected chi connectivity index (χ0v) is 12.3. The van der Waals surface area contributed by atoms with Crippen LogP contribution in [-0.4, -0.2) is 12.5 Å². The lowest BCUT2D eigenvalue weighted by Crippen LogP contribution is -2.28. The maximum absolute atomic E-state index is 13.2. The van der Waals surface area contributed by atoms with E-state index >= 15 is 0 Å². The van der Waals surface area contributed by atoms with Crippen molar-refractivity contribution in [3.05, 3.63) is 50.9 Å². The topological polar surface area (TPSA) is 38.3 Å². The van der Waals surface area contributed by atoms with Crippen LogP contribution in [0.5, 0.6) is 5.75 Å². The first kappa shape index (κ1) is 14.0. The van der Waals surface area contributed by atoms with Crippen LogP contribution in [0.2, 0.25) is 0 Å². The van der Waals surface area contributed by atoms with Gasteiger partial charge in [-0.2, -0.15) is 0 Å². The summed E-state index contributed by atoms with van der Waals surface area (Å²) in [6.45, 7) is 0.239. The Morgan fingerprint density at radius 1 is 1.42 bits per heavy atom. The van der Waals surface area contributed by atoms with Crippen molar-refractivity contribution in [1.82, 2.24) is 5.32 Å². The summed E-state index contributed by atoms with van der Waals surface area (Å²) < 4.78 is 19.3. The molecule has 2 aromatic rings. The van der Waals surface area contributed by atoms with E-state index in [1.54, 1.807) is 23.5 Å². The van der Waals surface area contributed by atoms with E-state index in [2.05, 4.69) is 21.2 Å². The van der Waals surface area contributed by atoms with Gasteiger partial charge in [0.2, 0.25) is 0 Å². The maximum atomic E-state index is 13.2. The van der Waals surface area contributed by atoms with Crippen molar-refractivity contribution in [2.45, 2.75) is 6.54 Å². The summed E-state index contributed by atoms with van der Waals surface area (Å²) in [5.41, 5.74) is 0. The molecular formula is C13H11BrFNO2S. The maximum Gasteiger partial charge on any atom is 0.258 e. The summed E-state index contributed by atoms with van der Waals surface area (Å²) in [4.78, 5) is 12.6. The molecule has 1 heterocycles. The zero-order valence-electron chi connectivity index (χ0n) is 9.86. The lowest BCUT2D eigenvalue weighted by molar-refractivity contribution is -0.123. The molecule has 6 heteroatoms. The Balaban J connectivity index is 1.77. The number of ether oxygens (including phenoxy) is 1. The largest absolute Gasteiger partial charge is 0.481 e. The molecule has 0 aliphatic rings. The molecule has 3 nitrogen and oxygen atoms in total. The van der Waals surface area contributed by atoms with Crippen molar-refractivity contribution in [3.8, 4) is 5.75 Å². The smallest absolute Gasteiger partial charge is 0.258 e. The molecule has 1 N–H and O–H groups in total. The van der Waals surface area contributed by atoms with Gasteiger partial charge in [-0.1, -0.05) is 12.1 Å². The number of halogens is 2. The first-order valence-corrected chi connectivity index (χ1v) is 7.19. The Morgan fingerprint density at radius 2 is 2.21 bits per heavy atom. The van der Waals surface area contributed by atoms with Gasteiger partial charge in [-0.25, -0.2) is 4.39 Å². The number of benzene rings is 1. The second kappa shape index (κ2) is 6.68. The van der Waals surface area contributed by atoms with E-state index in [-0.39, 0.29) is 18.3 Å². The SMILES string of the molecule is O=C(COc1ccccc1F)NCc1cc(Br)cs1. The molecule has 0 fully saturated rings. The van der Waals surface area contributed by atoms with E-state index in [4.69, 9.17) is 4.74 Å². The van der Waals surface area contributed by atoms with Gasteiger partial charge in [-0.15, -0.1) is 11.3 Å². The normalized spacial score (nSPS) is 10.2. The Bertz CT molecular complexity index is 573. The van der Waals surface area contributed by atoms with E-state index in [1.807, 2.05) is 11.4 Å². The van der Waals surface area contributed by atoms with Crippen molar-refractivity contribution in [3.63, 3.8) is 0 Å². The van der Waals surface area contributed by atoms with Crippen LogP contribution in [0.1, 0.15) is 4.88 Å². The van der Waals surface area contributed by atoms with Crippen LogP contribution in [-0.2, 0) is 11.3 Å². The molecule has 0 aliphatic heterocycles. The van der Waals surface area contributed by atoms with Crippen LogP contribution in [0.25, 0.3) is 0 Å². The number of carbonyl (C=O) groups is 1. The van der Waals surface area contributed by atoms with Crippen LogP contribution in [0.4, 0.5) is 4.39 Å². The number of para-hydroxylation sites is 1. The lowest BCUT2D eigenvalue weighted by Gasteiger charge is -2.07. The van der Waals surface area contributed by atoms with Crippen LogP contribution in [0.3, 0.4) is 0 Å². The second-order valence-electron chi connectivity index (χ2n) is 3.73. The monoisotopic (exact) mass is 343 g/mol. The number of amides is 1. The Morgan fingerprint density at radius 3 is 2.89 bits per heavy atom. The zero-order chi connectivity index (χ0) is 13.7. The fourth-order valence-corrected chi connectivity index (χ4v) is 2.78. The molecule has 0 saturated heterocycles. The molecular weight excluding hydrogens is 333 g/mol. The third kappa shape index (κ3) is 4.33. The third-order valence-electron chi connectivity index (χ3n) is 2.28. The van der Waals surface area contributed by atoms with Crippen molar-refractivity contribution in [1.29, 1.82) is 0 Å². The van der Waals surface area contributed by atoms with E-state index in [1.165, 1.54) is 12.1 Å². The number of hydrogen-bond acceptors (Lipinski definition) is 3. The number of thiophene rings is 1. The van der Waals surface area contributed by atoms with Crippen LogP contribution in [0, 0.1) is 5.82 Å². The molecule has 2 rings (SSSR count). The second-order valence-corrected chi connectivity index (χ2v) is 5.64. The van der Waals surface area contributed by atoms with E-state index in [9.17, 15) is 9.18 Å². The van der Waals surface area contributed by atoms with Gasteiger partial charge in [-0.05, 0) is 34.1 Å². The first-order valence-electron chi connectivity index (χ1n) is 5.52. The van der Waals surface area contributed by atoms with Crippen LogP contribution < -0.4 is 10.1 Å². The highest BCUT2D eigenvalue weighted by Crippen LogP contribution is 2.19. The highest BCUT2D eigenvalue weighted by atomic mass is 79.9. The van der Waals surface area contributed by atoms with Gasteiger partial charge >= 0.3 is 0 Å². The standard InChI is InChI=1S/C13H11BrFNO2S/c14-9-5-10(19-8-9)6-16-13(17)7-18-12-4-2-1-3-11(12)15/h1-5,8H,6-7H2,(H,16,17). The average Bonchev–Trinajstić information content (AvgIpc) is 2.81. The van der Waals surface area contributed by atoms with E-state index in [0.29, 0.717) is 6.54 Å². The third-order valence-corrected chi connectivity index (χ3v) is 3.97. The van der Waals surface area contributed by atoms with Gasteiger partial charge in [0.25, 0.3) is 5.91 Å². The lowest BCUT2D eigenvalue weighted by atomic mass is 10.3. The number of nitrogens with one attached hydrogen (secondary N) is 1. The molecule has 0 atom stereocenters. The fourth-order valence-electron chi connectivity index (χ4n) is 1.39. The minimum absolute atomic E-state index is 0.0801. The van der Waals surface area contributed by atoms with Gasteiger partial charge in [0.1, 0.15) is 0 Å². The first-order chi connectivity index (χ1) is 9.15. The molecule has 100 valence electrons. The summed E-state index contributed by atoms with van der Waals surface area (Å²) in [6.07, 6.45) is 0. The summed E-state index contributed by atoms with van der Waals surface area (Å²) in [7, 11) is 0. The Kier molecular flexibility index (Phi) is 4.93. The molecule has 0 spiro atoms. The number of carbonyl (C=O) groups excluding carboxylic acids is 1. The quantitative estimate of drug-likeness (QED) is 0.904. The Labute approximate surface area is 122 Å². The number of rotatable bonds is 5. The highest BCUT2D eigenvalue weighted by Gasteiger charge is 2.06. The van der Waals surface area contributed by atoms with Gasteiger partial charge in [0, 0.05) is 14.7 Å². The Hall–Kier alpha value is -1.40. The van der Waals surface area contributed by atoms with Crippen molar-refractivity contribution in [2.24, 2.45) is 0 Å². The van der Waals surface area contributed by atoms with E-state index < -0.39 is 5.82 Å². The molecule has 19 heavy (non-hydrogen) atoms. The van der Waals surface area contributed by atoms with Gasteiger partial charge in [0.15, 0.2) is 18.2 Å². The van der Waals surface area contributed by atoms with Gasteiger partial charge in [0.05, 0.1) is 6.54 Å². The van der Waals surface area contributed by atoms with Gasteiger partial charge < -0.3 is 10.1 Å².